The van der Waals surface area contributed by atoms with E-state index in [9.17, 15) is 0 Å². The van der Waals surface area contributed by atoms with E-state index < -0.39 is 0 Å². The van der Waals surface area contributed by atoms with E-state index in [1.165, 1.54) is 32.5 Å². The molecule has 0 spiro atoms. The molecule has 1 fully saturated rings. The van der Waals surface area contributed by atoms with Crippen molar-refractivity contribution in [3.05, 3.63) is 0 Å². The zero-order chi connectivity index (χ0) is 9.03. The van der Waals surface area contributed by atoms with Gasteiger partial charge in [0.1, 0.15) is 0 Å². The van der Waals surface area contributed by atoms with Crippen molar-refractivity contribution in [3.63, 3.8) is 0 Å². The van der Waals surface area contributed by atoms with Gasteiger partial charge in [-0.05, 0) is 24.8 Å². The molecule has 0 aliphatic carbocycles. The van der Waals surface area contributed by atoms with Crippen LogP contribution in [-0.4, -0.2) is 25.7 Å². The van der Waals surface area contributed by atoms with E-state index in [-0.39, 0.29) is 0 Å². The second kappa shape index (κ2) is 4.24. The van der Waals surface area contributed by atoms with E-state index in [0.717, 1.165) is 0 Å². The fourth-order valence-corrected chi connectivity index (χ4v) is 1.79. The predicted octanol–water partition coefficient (Wildman–Crippen LogP) is 1.37. The van der Waals surface area contributed by atoms with Gasteiger partial charge < -0.3 is 10.6 Å². The third-order valence-corrected chi connectivity index (χ3v) is 2.97. The largest absolute Gasteiger partial charge is 0.316 e. The van der Waals surface area contributed by atoms with Gasteiger partial charge in [-0.15, -0.1) is 0 Å². The van der Waals surface area contributed by atoms with Crippen molar-refractivity contribution in [2.75, 3.05) is 19.6 Å². The molecule has 0 aromatic rings. The number of nitrogens with one attached hydrogen (secondary N) is 2. The molecule has 1 heterocycles. The first-order chi connectivity index (χ1) is 5.68. The van der Waals surface area contributed by atoms with Crippen LogP contribution in [-0.2, 0) is 0 Å². The lowest BCUT2D eigenvalue weighted by Crippen LogP contribution is -2.38. The number of rotatable bonds is 4. The van der Waals surface area contributed by atoms with E-state index in [4.69, 9.17) is 0 Å². The summed E-state index contributed by atoms with van der Waals surface area (Å²) in [5.41, 5.74) is 0.546. The molecule has 0 amide bonds. The molecule has 1 aliphatic rings. The van der Waals surface area contributed by atoms with E-state index in [1.54, 1.807) is 0 Å². The highest BCUT2D eigenvalue weighted by Gasteiger charge is 2.31. The normalized spacial score (nSPS) is 30.0. The summed E-state index contributed by atoms with van der Waals surface area (Å²) in [6, 6.07) is 0.619. The molecule has 2 heteroatoms. The van der Waals surface area contributed by atoms with Crippen LogP contribution in [0.1, 0.15) is 33.6 Å². The zero-order valence-corrected chi connectivity index (χ0v) is 8.61. The fraction of sp³-hybridized carbons (Fsp3) is 1.00. The van der Waals surface area contributed by atoms with Crippen LogP contribution in [0.5, 0.6) is 0 Å². The molecule has 0 bridgehead atoms. The minimum atomic E-state index is 0.546. The van der Waals surface area contributed by atoms with Gasteiger partial charge in [0.2, 0.25) is 0 Å². The van der Waals surface area contributed by atoms with Crippen LogP contribution in [0.3, 0.4) is 0 Å². The van der Waals surface area contributed by atoms with Gasteiger partial charge in [-0.2, -0.15) is 0 Å². The van der Waals surface area contributed by atoms with Crippen molar-refractivity contribution in [1.82, 2.24) is 10.6 Å². The first-order valence-electron chi connectivity index (χ1n) is 5.13. The molecule has 1 atom stereocenters. The molecule has 1 saturated heterocycles. The molecule has 72 valence electrons. The first-order valence-corrected chi connectivity index (χ1v) is 5.13. The van der Waals surface area contributed by atoms with Gasteiger partial charge in [0.05, 0.1) is 0 Å². The quantitative estimate of drug-likeness (QED) is 0.666. The lowest BCUT2D eigenvalue weighted by molar-refractivity contribution is 0.283. The van der Waals surface area contributed by atoms with Crippen LogP contribution in [0.25, 0.3) is 0 Å². The van der Waals surface area contributed by atoms with E-state index in [1.807, 2.05) is 0 Å². The van der Waals surface area contributed by atoms with Crippen LogP contribution in [0, 0.1) is 5.41 Å². The summed E-state index contributed by atoms with van der Waals surface area (Å²) >= 11 is 0. The molecule has 2 N–H and O–H groups in total. The van der Waals surface area contributed by atoms with Crippen LogP contribution in [0.15, 0.2) is 0 Å². The average molecular weight is 170 g/mol. The Morgan fingerprint density at radius 2 is 2.25 bits per heavy atom. The van der Waals surface area contributed by atoms with Crippen LogP contribution in [0.2, 0.25) is 0 Å². The molecule has 1 unspecified atom stereocenters. The predicted molar refractivity (Wildman–Crippen MR) is 53.3 cm³/mol. The Hall–Kier alpha value is -0.0800. The van der Waals surface area contributed by atoms with E-state index in [2.05, 4.69) is 31.4 Å². The Bertz CT molecular complexity index is 126. The Kier molecular flexibility index (Phi) is 3.53. The van der Waals surface area contributed by atoms with Gasteiger partial charge in [0, 0.05) is 19.1 Å². The number of hydrogen-bond donors (Lipinski definition) is 2. The molecule has 2 nitrogen and oxygen atoms in total. The summed E-state index contributed by atoms with van der Waals surface area (Å²) in [5, 5.41) is 6.99. The van der Waals surface area contributed by atoms with Crippen molar-refractivity contribution < 1.29 is 0 Å². The van der Waals surface area contributed by atoms with Crippen molar-refractivity contribution in [3.8, 4) is 0 Å². The lowest BCUT2D eigenvalue weighted by atomic mass is 9.84. The molecule has 1 aliphatic heterocycles. The Morgan fingerprint density at radius 1 is 1.50 bits per heavy atom. The smallest absolute Gasteiger partial charge is 0.00227 e. The van der Waals surface area contributed by atoms with Crippen molar-refractivity contribution in [2.24, 2.45) is 5.41 Å². The van der Waals surface area contributed by atoms with Gasteiger partial charge in [0.25, 0.3) is 0 Å². The minimum Gasteiger partial charge on any atom is -0.316 e. The monoisotopic (exact) mass is 170 g/mol. The van der Waals surface area contributed by atoms with Crippen molar-refractivity contribution in [2.45, 2.75) is 39.7 Å². The summed E-state index contributed by atoms with van der Waals surface area (Å²) in [7, 11) is 0. The lowest BCUT2D eigenvalue weighted by Gasteiger charge is -2.28. The molecule has 0 aromatic heterocycles. The molecule has 0 aromatic carbocycles. The minimum absolute atomic E-state index is 0.546. The summed E-state index contributed by atoms with van der Waals surface area (Å²) in [6.45, 7) is 10.3. The fourth-order valence-electron chi connectivity index (χ4n) is 1.79. The molecule has 1 rings (SSSR count). The van der Waals surface area contributed by atoms with Crippen LogP contribution < -0.4 is 10.6 Å². The highest BCUT2D eigenvalue weighted by atomic mass is 15.0. The Balaban J connectivity index is 2.34. The zero-order valence-electron chi connectivity index (χ0n) is 8.61. The first kappa shape index (κ1) is 10.0. The highest BCUT2D eigenvalue weighted by Crippen LogP contribution is 2.28. The Labute approximate surface area is 76.1 Å². The maximum absolute atomic E-state index is 3.54. The molecule has 0 radical (unpaired) electrons. The van der Waals surface area contributed by atoms with Gasteiger partial charge in [-0.1, -0.05) is 20.8 Å². The SMILES string of the molecule is CCC1(CNC(C)C)CCNC1. The molecule has 12 heavy (non-hydrogen) atoms. The number of hydrogen-bond acceptors (Lipinski definition) is 2. The summed E-state index contributed by atoms with van der Waals surface area (Å²) in [5.74, 6) is 0. The second-order valence-corrected chi connectivity index (χ2v) is 4.32. The maximum atomic E-state index is 3.54. The molecular weight excluding hydrogens is 148 g/mol. The van der Waals surface area contributed by atoms with E-state index in [0.29, 0.717) is 11.5 Å². The molecule has 0 saturated carbocycles. The van der Waals surface area contributed by atoms with Crippen LogP contribution in [0.4, 0.5) is 0 Å². The van der Waals surface area contributed by atoms with E-state index >= 15 is 0 Å². The second-order valence-electron chi connectivity index (χ2n) is 4.32. The van der Waals surface area contributed by atoms with Crippen molar-refractivity contribution >= 4 is 0 Å². The summed E-state index contributed by atoms with van der Waals surface area (Å²) in [6.07, 6.45) is 2.63. The average Bonchev–Trinajstić information content (AvgIpc) is 2.50. The summed E-state index contributed by atoms with van der Waals surface area (Å²) in [4.78, 5) is 0. The third-order valence-electron chi connectivity index (χ3n) is 2.97. The van der Waals surface area contributed by atoms with Gasteiger partial charge >= 0.3 is 0 Å². The standard InChI is InChI=1S/C10H22N2/c1-4-10(5-6-11-7-10)8-12-9(2)3/h9,11-12H,4-8H2,1-3H3. The molecular formula is C10H22N2. The topological polar surface area (TPSA) is 24.1 Å². The van der Waals surface area contributed by atoms with Gasteiger partial charge in [-0.3, -0.25) is 0 Å². The highest BCUT2D eigenvalue weighted by molar-refractivity contribution is 4.88. The summed E-state index contributed by atoms with van der Waals surface area (Å²) < 4.78 is 0. The maximum Gasteiger partial charge on any atom is 0.00227 e. The van der Waals surface area contributed by atoms with Gasteiger partial charge in [-0.25, -0.2) is 0 Å². The third kappa shape index (κ3) is 2.46. The van der Waals surface area contributed by atoms with Crippen LogP contribution >= 0.6 is 0 Å². The van der Waals surface area contributed by atoms with Crippen molar-refractivity contribution in [1.29, 1.82) is 0 Å². The van der Waals surface area contributed by atoms with Gasteiger partial charge in [0.15, 0.2) is 0 Å². The Morgan fingerprint density at radius 3 is 2.67 bits per heavy atom.